The van der Waals surface area contributed by atoms with Crippen LogP contribution in [0.15, 0.2) is 22.0 Å². The molecule has 1 aliphatic carbocycles. The van der Waals surface area contributed by atoms with Crippen LogP contribution in [0.5, 0.6) is 0 Å². The predicted molar refractivity (Wildman–Crippen MR) is 86.5 cm³/mol. The first-order chi connectivity index (χ1) is 11.2. The molecule has 1 N–H and O–H groups in total. The Kier molecular flexibility index (Phi) is 3.60. The Morgan fingerprint density at radius 1 is 1.35 bits per heavy atom. The van der Waals surface area contributed by atoms with Crippen LogP contribution in [0.25, 0.3) is 0 Å². The second-order valence-corrected chi connectivity index (χ2v) is 7.32. The number of amides is 2. The molecule has 122 valence electrons. The van der Waals surface area contributed by atoms with Crippen molar-refractivity contribution in [2.75, 3.05) is 13.1 Å². The first-order valence-corrected chi connectivity index (χ1v) is 8.97. The Labute approximate surface area is 138 Å². The van der Waals surface area contributed by atoms with Gasteiger partial charge in [-0.2, -0.15) is 11.3 Å². The molecule has 2 amide bonds. The number of likely N-dealkylation sites (tertiary alicyclic amines) is 1. The number of oxime groups is 1. The van der Waals surface area contributed by atoms with Gasteiger partial charge >= 0.3 is 0 Å². The molecule has 1 spiro atoms. The van der Waals surface area contributed by atoms with Crippen LogP contribution in [-0.4, -0.2) is 47.2 Å². The summed E-state index contributed by atoms with van der Waals surface area (Å²) in [6.45, 7) is 1.28. The first kappa shape index (κ1) is 14.7. The van der Waals surface area contributed by atoms with Gasteiger partial charge in [-0.05, 0) is 24.3 Å². The van der Waals surface area contributed by atoms with Crippen LogP contribution in [0, 0.1) is 0 Å². The van der Waals surface area contributed by atoms with Crippen molar-refractivity contribution in [3.8, 4) is 0 Å². The zero-order valence-corrected chi connectivity index (χ0v) is 13.6. The summed E-state index contributed by atoms with van der Waals surface area (Å²) in [6.07, 6.45) is 4.10. The predicted octanol–water partition coefficient (Wildman–Crippen LogP) is 1.78. The fourth-order valence-electron chi connectivity index (χ4n) is 3.09. The molecule has 0 radical (unpaired) electrons. The van der Waals surface area contributed by atoms with Crippen molar-refractivity contribution in [2.24, 2.45) is 5.16 Å². The van der Waals surface area contributed by atoms with Crippen molar-refractivity contribution in [3.05, 3.63) is 22.4 Å². The largest absolute Gasteiger partial charge is 0.388 e. The minimum absolute atomic E-state index is 0.0757. The van der Waals surface area contributed by atoms with Crippen molar-refractivity contribution in [2.45, 2.75) is 43.7 Å². The van der Waals surface area contributed by atoms with Crippen molar-refractivity contribution in [3.63, 3.8) is 0 Å². The van der Waals surface area contributed by atoms with Crippen molar-refractivity contribution in [1.29, 1.82) is 0 Å². The van der Waals surface area contributed by atoms with Gasteiger partial charge in [0.2, 0.25) is 0 Å². The molecule has 2 aliphatic heterocycles. The number of thiophene rings is 1. The summed E-state index contributed by atoms with van der Waals surface area (Å²) in [5, 5.41) is 10.8. The minimum atomic E-state index is -0.401. The Morgan fingerprint density at radius 3 is 2.78 bits per heavy atom. The lowest BCUT2D eigenvalue weighted by atomic mass is 9.86. The molecule has 0 bridgehead atoms. The van der Waals surface area contributed by atoms with Crippen molar-refractivity contribution >= 4 is 28.9 Å². The van der Waals surface area contributed by atoms with E-state index >= 15 is 0 Å². The van der Waals surface area contributed by atoms with E-state index in [2.05, 4.69) is 10.5 Å². The van der Waals surface area contributed by atoms with Crippen LogP contribution < -0.4 is 5.32 Å². The SMILES string of the molecule is O=C(NC1CC1)C1=NOC2(CCN(C(=O)c3ccsc3)CC2)C1. The van der Waals surface area contributed by atoms with E-state index in [0.29, 0.717) is 44.1 Å². The number of carbonyl (C=O) groups is 2. The second kappa shape index (κ2) is 5.63. The van der Waals surface area contributed by atoms with E-state index in [9.17, 15) is 9.59 Å². The summed E-state index contributed by atoms with van der Waals surface area (Å²) in [6, 6.07) is 2.18. The van der Waals surface area contributed by atoms with Gasteiger partial charge in [-0.15, -0.1) is 0 Å². The molecule has 1 aromatic heterocycles. The molecule has 6 nitrogen and oxygen atoms in total. The second-order valence-electron chi connectivity index (χ2n) is 6.54. The van der Waals surface area contributed by atoms with Crippen LogP contribution in [0.4, 0.5) is 0 Å². The molecular formula is C16H19N3O3S. The fraction of sp³-hybridized carbons (Fsp3) is 0.562. The normalized spacial score (nSPS) is 22.6. The third kappa shape index (κ3) is 2.97. The zero-order chi connectivity index (χ0) is 15.9. The Morgan fingerprint density at radius 2 is 2.13 bits per heavy atom. The summed E-state index contributed by atoms with van der Waals surface area (Å²) in [5.74, 6) is -0.0205. The number of carbonyl (C=O) groups excluding carboxylic acids is 2. The molecule has 7 heteroatoms. The van der Waals surface area contributed by atoms with E-state index < -0.39 is 5.60 Å². The lowest BCUT2D eigenvalue weighted by Gasteiger charge is -2.37. The van der Waals surface area contributed by atoms with Gasteiger partial charge in [0.05, 0.1) is 5.56 Å². The van der Waals surface area contributed by atoms with Gasteiger partial charge in [0, 0.05) is 43.8 Å². The highest BCUT2D eigenvalue weighted by molar-refractivity contribution is 7.08. The maximum atomic E-state index is 12.4. The van der Waals surface area contributed by atoms with Gasteiger partial charge in [0.1, 0.15) is 11.3 Å². The van der Waals surface area contributed by atoms with Gasteiger partial charge in [0.25, 0.3) is 11.8 Å². The Balaban J connectivity index is 1.33. The number of hydrogen-bond acceptors (Lipinski definition) is 5. The third-order valence-corrected chi connectivity index (χ3v) is 5.43. The van der Waals surface area contributed by atoms with E-state index in [1.165, 1.54) is 11.3 Å². The summed E-state index contributed by atoms with van der Waals surface area (Å²) in [5.41, 5.74) is 0.843. The van der Waals surface area contributed by atoms with Gasteiger partial charge in [0.15, 0.2) is 0 Å². The smallest absolute Gasteiger partial charge is 0.269 e. The third-order valence-electron chi connectivity index (χ3n) is 4.74. The highest BCUT2D eigenvalue weighted by Gasteiger charge is 2.45. The van der Waals surface area contributed by atoms with E-state index in [-0.39, 0.29) is 11.8 Å². The Hall–Kier alpha value is -1.89. The molecule has 4 rings (SSSR count). The highest BCUT2D eigenvalue weighted by Crippen LogP contribution is 2.35. The Bertz CT molecular complexity index is 644. The molecule has 1 saturated heterocycles. The monoisotopic (exact) mass is 333 g/mol. The fourth-order valence-corrected chi connectivity index (χ4v) is 3.72. The average molecular weight is 333 g/mol. The lowest BCUT2D eigenvalue weighted by Crippen LogP contribution is -2.47. The van der Waals surface area contributed by atoms with Gasteiger partial charge in [-0.1, -0.05) is 5.16 Å². The van der Waals surface area contributed by atoms with Crippen LogP contribution >= 0.6 is 11.3 Å². The molecule has 3 aliphatic rings. The number of nitrogens with zero attached hydrogens (tertiary/aromatic N) is 2. The molecule has 0 aromatic carbocycles. The maximum absolute atomic E-state index is 12.4. The molecular weight excluding hydrogens is 314 g/mol. The lowest BCUT2D eigenvalue weighted by molar-refractivity contribution is -0.115. The average Bonchev–Trinajstić information content (AvgIpc) is 3.05. The molecule has 1 saturated carbocycles. The van der Waals surface area contributed by atoms with Gasteiger partial charge in [-0.3, -0.25) is 9.59 Å². The molecule has 0 atom stereocenters. The summed E-state index contributed by atoms with van der Waals surface area (Å²) < 4.78 is 0. The molecule has 2 fully saturated rings. The van der Waals surface area contributed by atoms with Crippen molar-refractivity contribution < 1.29 is 14.4 Å². The van der Waals surface area contributed by atoms with Crippen LogP contribution in [0.3, 0.4) is 0 Å². The van der Waals surface area contributed by atoms with Crippen LogP contribution in [0.2, 0.25) is 0 Å². The molecule has 1 aromatic rings. The molecule has 23 heavy (non-hydrogen) atoms. The van der Waals surface area contributed by atoms with Crippen LogP contribution in [-0.2, 0) is 9.63 Å². The molecule has 3 heterocycles. The van der Waals surface area contributed by atoms with E-state index in [1.54, 1.807) is 0 Å². The number of rotatable bonds is 3. The number of nitrogens with one attached hydrogen (secondary N) is 1. The summed E-state index contributed by atoms with van der Waals surface area (Å²) in [4.78, 5) is 31.9. The van der Waals surface area contributed by atoms with Gasteiger partial charge < -0.3 is 15.1 Å². The zero-order valence-electron chi connectivity index (χ0n) is 12.8. The maximum Gasteiger partial charge on any atom is 0.269 e. The summed E-state index contributed by atoms with van der Waals surface area (Å²) >= 11 is 1.53. The molecule has 0 unspecified atom stereocenters. The van der Waals surface area contributed by atoms with Gasteiger partial charge in [-0.25, -0.2) is 0 Å². The number of hydrogen-bond donors (Lipinski definition) is 1. The topological polar surface area (TPSA) is 71.0 Å². The van der Waals surface area contributed by atoms with Crippen LogP contribution in [0.1, 0.15) is 42.5 Å². The highest BCUT2D eigenvalue weighted by atomic mass is 32.1. The quantitative estimate of drug-likeness (QED) is 0.916. The van der Waals surface area contributed by atoms with E-state index in [1.807, 2.05) is 21.7 Å². The van der Waals surface area contributed by atoms with E-state index in [0.717, 1.165) is 18.4 Å². The summed E-state index contributed by atoms with van der Waals surface area (Å²) in [7, 11) is 0. The van der Waals surface area contributed by atoms with E-state index in [4.69, 9.17) is 4.84 Å². The first-order valence-electron chi connectivity index (χ1n) is 8.03. The minimum Gasteiger partial charge on any atom is -0.388 e. The number of piperidine rings is 1. The standard InChI is InChI=1S/C16H19N3O3S/c20-14(17-12-1-2-12)13-9-16(22-18-13)4-6-19(7-5-16)15(21)11-3-8-23-10-11/h3,8,10,12H,1-2,4-7,9H2,(H,17,20). The van der Waals surface area contributed by atoms with Crippen molar-refractivity contribution in [1.82, 2.24) is 10.2 Å².